The minimum Gasteiger partial charge on any atom is -0.288 e. The second-order valence-electron chi connectivity index (χ2n) is 7.03. The number of aryl methyl sites for hydroxylation is 1. The summed E-state index contributed by atoms with van der Waals surface area (Å²) in [5.74, 6) is 0.293. The van der Waals surface area contributed by atoms with Crippen LogP contribution in [0, 0.1) is 12.3 Å². The van der Waals surface area contributed by atoms with Crippen LogP contribution in [0.2, 0.25) is 10.0 Å². The molecule has 1 aliphatic heterocycles. The fourth-order valence-electron chi connectivity index (χ4n) is 3.83. The summed E-state index contributed by atoms with van der Waals surface area (Å²) in [6.07, 6.45) is 2.20. The van der Waals surface area contributed by atoms with Crippen LogP contribution in [0.25, 0.3) is 16.8 Å². The highest BCUT2D eigenvalue weighted by molar-refractivity contribution is 7.80. The second kappa shape index (κ2) is 7.16. The lowest BCUT2D eigenvalue weighted by Crippen LogP contribution is -2.42. The first-order valence-electron chi connectivity index (χ1n) is 9.25. The largest absolute Gasteiger partial charge is 0.288 e. The maximum atomic E-state index is 8.77. The van der Waals surface area contributed by atoms with Gasteiger partial charge in [0.1, 0.15) is 5.84 Å². The predicted octanol–water partition coefficient (Wildman–Crippen LogP) is 5.73. The average molecular weight is 452 g/mol. The van der Waals surface area contributed by atoms with Gasteiger partial charge >= 0.3 is 0 Å². The Morgan fingerprint density at radius 3 is 2.57 bits per heavy atom. The summed E-state index contributed by atoms with van der Waals surface area (Å²) in [5.41, 5.74) is 5.56. The lowest BCUT2D eigenvalue weighted by molar-refractivity contribution is 0.853. The number of amidine groups is 1. The molecule has 0 fully saturated rings. The average Bonchev–Trinajstić information content (AvgIpc) is 3.05. The van der Waals surface area contributed by atoms with Gasteiger partial charge in [-0.05, 0) is 31.2 Å². The standard InChI is InChI=1S/C22H15Cl2N5S/c1-12-20(15-8-7-13(23)9-17(15)24)22-26-11-16-18(29(22)27-12)10-19(30)28(21(16)25)14-5-3-2-4-6-14/h2-9,11,25H,10H2,1H3. The van der Waals surface area contributed by atoms with E-state index in [0.717, 1.165) is 28.2 Å². The van der Waals surface area contributed by atoms with Gasteiger partial charge in [0.15, 0.2) is 5.65 Å². The third-order valence-corrected chi connectivity index (χ3v) is 6.05. The second-order valence-corrected chi connectivity index (χ2v) is 8.34. The van der Waals surface area contributed by atoms with Crippen LogP contribution in [0.5, 0.6) is 0 Å². The van der Waals surface area contributed by atoms with Gasteiger partial charge in [0.2, 0.25) is 0 Å². The summed E-state index contributed by atoms with van der Waals surface area (Å²) in [5, 5.41) is 14.6. The molecule has 30 heavy (non-hydrogen) atoms. The van der Waals surface area contributed by atoms with Crippen molar-refractivity contribution in [1.29, 1.82) is 5.41 Å². The molecule has 2 aromatic carbocycles. The van der Waals surface area contributed by atoms with E-state index in [9.17, 15) is 0 Å². The Morgan fingerprint density at radius 2 is 1.83 bits per heavy atom. The number of nitrogens with one attached hydrogen (secondary N) is 1. The van der Waals surface area contributed by atoms with Crippen LogP contribution < -0.4 is 4.90 Å². The van der Waals surface area contributed by atoms with Crippen LogP contribution in [0.4, 0.5) is 5.69 Å². The SMILES string of the molecule is Cc1nn2c3c(cnc2c1-c1ccc(Cl)cc1Cl)C(=N)N(c1ccccc1)C(=S)C3. The van der Waals surface area contributed by atoms with Crippen LogP contribution in [-0.2, 0) is 6.42 Å². The highest BCUT2D eigenvalue weighted by Crippen LogP contribution is 2.36. The van der Waals surface area contributed by atoms with Gasteiger partial charge in [0.05, 0.1) is 32.5 Å². The number of aromatic nitrogens is 3. The molecule has 0 atom stereocenters. The third-order valence-electron chi connectivity index (χ3n) is 5.18. The molecule has 1 N–H and O–H groups in total. The summed E-state index contributed by atoms with van der Waals surface area (Å²) in [6, 6.07) is 15.1. The van der Waals surface area contributed by atoms with Crippen LogP contribution in [0.1, 0.15) is 17.0 Å². The molecular weight excluding hydrogens is 437 g/mol. The Kier molecular flexibility index (Phi) is 4.58. The summed E-state index contributed by atoms with van der Waals surface area (Å²) in [7, 11) is 0. The van der Waals surface area contributed by atoms with Crippen LogP contribution in [0.3, 0.4) is 0 Å². The number of para-hydroxylation sites is 1. The van der Waals surface area contributed by atoms with Crippen LogP contribution in [-0.4, -0.2) is 25.4 Å². The van der Waals surface area contributed by atoms with Crippen molar-refractivity contribution in [2.24, 2.45) is 0 Å². The lowest BCUT2D eigenvalue weighted by atomic mass is 10.0. The fourth-order valence-corrected chi connectivity index (χ4v) is 4.67. The highest BCUT2D eigenvalue weighted by Gasteiger charge is 2.30. The van der Waals surface area contributed by atoms with Crippen molar-refractivity contribution in [3.05, 3.63) is 81.7 Å². The van der Waals surface area contributed by atoms with E-state index in [1.807, 2.05) is 43.3 Å². The summed E-state index contributed by atoms with van der Waals surface area (Å²) < 4.78 is 1.79. The molecule has 0 unspecified atom stereocenters. The quantitative estimate of drug-likeness (QED) is 0.395. The van der Waals surface area contributed by atoms with Gasteiger partial charge in [-0.15, -0.1) is 0 Å². The molecule has 0 amide bonds. The normalized spacial score (nSPS) is 13.8. The Balaban J connectivity index is 1.69. The minimum atomic E-state index is 0.293. The number of thiocarbonyl (C=S) groups is 1. The molecule has 5 rings (SSSR count). The van der Waals surface area contributed by atoms with E-state index in [-0.39, 0.29) is 0 Å². The van der Waals surface area contributed by atoms with Crippen molar-refractivity contribution in [2.75, 3.05) is 4.90 Å². The molecule has 148 valence electrons. The molecule has 0 saturated heterocycles. The monoisotopic (exact) mass is 451 g/mol. The molecule has 2 aromatic heterocycles. The van der Waals surface area contributed by atoms with Crippen molar-refractivity contribution in [3.63, 3.8) is 0 Å². The van der Waals surface area contributed by atoms with E-state index in [1.165, 1.54) is 0 Å². The first kappa shape index (κ1) is 19.2. The number of nitrogens with zero attached hydrogens (tertiary/aromatic N) is 4. The van der Waals surface area contributed by atoms with Gasteiger partial charge in [0.25, 0.3) is 0 Å². The molecule has 0 spiro atoms. The molecule has 0 aliphatic carbocycles. The summed E-state index contributed by atoms with van der Waals surface area (Å²) >= 11 is 18.2. The minimum absolute atomic E-state index is 0.293. The Labute approximate surface area is 188 Å². The van der Waals surface area contributed by atoms with E-state index >= 15 is 0 Å². The first-order chi connectivity index (χ1) is 14.5. The number of hydrogen-bond donors (Lipinski definition) is 1. The molecule has 8 heteroatoms. The molecule has 0 saturated carbocycles. The number of anilines is 1. The Bertz CT molecular complexity index is 1350. The number of rotatable bonds is 2. The smallest absolute Gasteiger partial charge is 0.163 e. The molecule has 4 aromatic rings. The number of halogens is 2. The maximum Gasteiger partial charge on any atom is 0.163 e. The Morgan fingerprint density at radius 1 is 1.07 bits per heavy atom. The van der Waals surface area contributed by atoms with E-state index in [2.05, 4.69) is 4.98 Å². The molecule has 1 aliphatic rings. The zero-order valence-corrected chi connectivity index (χ0v) is 18.2. The molecule has 3 heterocycles. The van der Waals surface area contributed by atoms with E-state index in [0.29, 0.717) is 38.5 Å². The van der Waals surface area contributed by atoms with Gasteiger partial charge in [-0.1, -0.05) is 59.7 Å². The number of fused-ring (bicyclic) bond motifs is 3. The van der Waals surface area contributed by atoms with Crippen LogP contribution in [0.15, 0.2) is 54.7 Å². The van der Waals surface area contributed by atoms with Gasteiger partial charge in [-0.2, -0.15) is 5.10 Å². The Hall–Kier alpha value is -2.80. The zero-order chi connectivity index (χ0) is 21.0. The van der Waals surface area contributed by atoms with E-state index in [1.54, 1.807) is 27.7 Å². The zero-order valence-electron chi connectivity index (χ0n) is 15.9. The summed E-state index contributed by atoms with van der Waals surface area (Å²) in [4.78, 5) is 7.08. The van der Waals surface area contributed by atoms with Crippen molar-refractivity contribution in [1.82, 2.24) is 14.6 Å². The van der Waals surface area contributed by atoms with Crippen molar-refractivity contribution in [3.8, 4) is 11.1 Å². The van der Waals surface area contributed by atoms with Crippen molar-refractivity contribution in [2.45, 2.75) is 13.3 Å². The van der Waals surface area contributed by atoms with E-state index in [4.69, 9.17) is 45.9 Å². The van der Waals surface area contributed by atoms with Crippen LogP contribution >= 0.6 is 35.4 Å². The third kappa shape index (κ3) is 2.91. The molecule has 0 bridgehead atoms. The lowest BCUT2D eigenvalue weighted by Gasteiger charge is -2.31. The maximum absolute atomic E-state index is 8.77. The topological polar surface area (TPSA) is 57.3 Å². The van der Waals surface area contributed by atoms with Gasteiger partial charge < -0.3 is 0 Å². The van der Waals surface area contributed by atoms with Gasteiger partial charge in [0, 0.05) is 28.9 Å². The fraction of sp³-hybridized carbons (Fsp3) is 0.0909. The molecular formula is C22H15Cl2N5S. The van der Waals surface area contributed by atoms with Gasteiger partial charge in [-0.25, -0.2) is 9.50 Å². The van der Waals surface area contributed by atoms with Gasteiger partial charge in [-0.3, -0.25) is 10.3 Å². The molecule has 0 radical (unpaired) electrons. The van der Waals surface area contributed by atoms with Crippen molar-refractivity contribution < 1.29 is 0 Å². The number of hydrogen-bond acceptors (Lipinski definition) is 4. The predicted molar refractivity (Wildman–Crippen MR) is 125 cm³/mol. The molecule has 5 nitrogen and oxygen atoms in total. The first-order valence-corrected chi connectivity index (χ1v) is 10.4. The van der Waals surface area contributed by atoms with Crippen molar-refractivity contribution >= 4 is 57.6 Å². The van der Waals surface area contributed by atoms with E-state index < -0.39 is 0 Å². The number of benzene rings is 2. The summed E-state index contributed by atoms with van der Waals surface area (Å²) in [6.45, 7) is 1.92. The highest BCUT2D eigenvalue weighted by atomic mass is 35.5.